The van der Waals surface area contributed by atoms with Crippen LogP contribution in [0.4, 0.5) is 0 Å². The molecule has 3 heterocycles. The highest BCUT2D eigenvalue weighted by Gasteiger charge is 2.33. The average Bonchev–Trinajstić information content (AvgIpc) is 3.69. The molecule has 0 aliphatic carbocycles. The Morgan fingerprint density at radius 2 is 1.94 bits per heavy atom. The molecule has 2 aromatic carbocycles. The van der Waals surface area contributed by atoms with Crippen LogP contribution in [0.1, 0.15) is 29.3 Å². The minimum Gasteiger partial charge on any atom is -0.376 e. The molecule has 36 heavy (non-hydrogen) atoms. The van der Waals surface area contributed by atoms with Gasteiger partial charge in [-0.05, 0) is 48.4 Å². The number of carbonyl (C=O) groups is 2. The molecule has 186 valence electrons. The molecule has 5 rings (SSSR count). The molecule has 1 fully saturated rings. The molecule has 0 bridgehead atoms. The minimum absolute atomic E-state index is 0.00378. The second-order valence-electron chi connectivity index (χ2n) is 8.86. The van der Waals surface area contributed by atoms with E-state index in [1.165, 1.54) is 11.3 Å². The molecular weight excluding hydrogens is 474 g/mol. The quantitative estimate of drug-likeness (QED) is 0.357. The third-order valence-corrected chi connectivity index (χ3v) is 7.34. The number of ether oxygens (including phenoxy) is 1. The zero-order valence-electron chi connectivity index (χ0n) is 20.0. The summed E-state index contributed by atoms with van der Waals surface area (Å²) in [5, 5.41) is 13.4. The van der Waals surface area contributed by atoms with Crippen LogP contribution in [0.2, 0.25) is 0 Å². The number of aromatic nitrogens is 3. The number of nitrogens with one attached hydrogen (secondary N) is 1. The van der Waals surface area contributed by atoms with Crippen LogP contribution < -0.4 is 5.32 Å². The van der Waals surface area contributed by atoms with E-state index in [1.54, 1.807) is 9.58 Å². The van der Waals surface area contributed by atoms with Gasteiger partial charge in [-0.1, -0.05) is 53.7 Å². The lowest BCUT2D eigenvalue weighted by Crippen LogP contribution is -2.46. The molecule has 1 saturated heterocycles. The maximum Gasteiger partial charge on any atom is 0.248 e. The fourth-order valence-corrected chi connectivity index (χ4v) is 5.37. The summed E-state index contributed by atoms with van der Waals surface area (Å²) in [5.41, 5.74) is 2.61. The van der Waals surface area contributed by atoms with Gasteiger partial charge in [-0.3, -0.25) is 9.59 Å². The van der Waals surface area contributed by atoms with Crippen LogP contribution in [0.15, 0.2) is 72.1 Å². The average molecular weight is 504 g/mol. The largest absolute Gasteiger partial charge is 0.376 e. The maximum absolute atomic E-state index is 13.8. The SMILES string of the molecule is O=C(NCC1CCCO1)C(c1cccs1)N(CCc1ccccc1)C(=O)Cn1nnc2ccccc21. The highest BCUT2D eigenvalue weighted by molar-refractivity contribution is 7.10. The number of fused-ring (bicyclic) bond motifs is 1. The van der Waals surface area contributed by atoms with Gasteiger partial charge < -0.3 is 15.0 Å². The molecule has 1 aliphatic heterocycles. The van der Waals surface area contributed by atoms with Crippen molar-refractivity contribution in [3.8, 4) is 0 Å². The van der Waals surface area contributed by atoms with Gasteiger partial charge in [0.25, 0.3) is 0 Å². The molecular formula is C27H29N5O3S. The van der Waals surface area contributed by atoms with Crippen molar-refractivity contribution in [1.82, 2.24) is 25.2 Å². The van der Waals surface area contributed by atoms with E-state index in [0.29, 0.717) is 19.5 Å². The third kappa shape index (κ3) is 5.63. The maximum atomic E-state index is 13.8. The van der Waals surface area contributed by atoms with Crippen molar-refractivity contribution >= 4 is 34.2 Å². The number of hydrogen-bond donors (Lipinski definition) is 1. The molecule has 1 N–H and O–H groups in total. The molecule has 0 radical (unpaired) electrons. The van der Waals surface area contributed by atoms with Crippen molar-refractivity contribution in [3.05, 3.63) is 82.6 Å². The Morgan fingerprint density at radius 3 is 2.72 bits per heavy atom. The van der Waals surface area contributed by atoms with Crippen molar-refractivity contribution in [2.45, 2.75) is 38.0 Å². The van der Waals surface area contributed by atoms with Gasteiger partial charge in [0.2, 0.25) is 11.8 Å². The zero-order valence-corrected chi connectivity index (χ0v) is 20.8. The molecule has 2 aromatic heterocycles. The number of amides is 2. The van der Waals surface area contributed by atoms with Crippen LogP contribution >= 0.6 is 11.3 Å². The number of carbonyl (C=O) groups excluding carboxylic acids is 2. The molecule has 0 spiro atoms. The Hall–Kier alpha value is -3.56. The van der Waals surface area contributed by atoms with Gasteiger partial charge in [0, 0.05) is 24.6 Å². The number of benzene rings is 2. The van der Waals surface area contributed by atoms with Crippen molar-refractivity contribution in [2.24, 2.45) is 0 Å². The lowest BCUT2D eigenvalue weighted by molar-refractivity contribution is -0.141. The van der Waals surface area contributed by atoms with Crippen LogP contribution in [-0.2, 0) is 27.3 Å². The highest BCUT2D eigenvalue weighted by atomic mass is 32.1. The zero-order chi connectivity index (χ0) is 24.7. The van der Waals surface area contributed by atoms with Crippen LogP contribution in [-0.4, -0.2) is 57.5 Å². The number of hydrogen-bond acceptors (Lipinski definition) is 6. The van der Waals surface area contributed by atoms with E-state index < -0.39 is 6.04 Å². The Bertz CT molecular complexity index is 1290. The Morgan fingerprint density at radius 1 is 1.11 bits per heavy atom. The number of nitrogens with zero attached hydrogens (tertiary/aromatic N) is 4. The summed E-state index contributed by atoms with van der Waals surface area (Å²) < 4.78 is 7.29. The fourth-order valence-electron chi connectivity index (χ4n) is 4.53. The van der Waals surface area contributed by atoms with E-state index in [9.17, 15) is 9.59 Å². The molecule has 1 aliphatic rings. The molecule has 2 atom stereocenters. The lowest BCUT2D eigenvalue weighted by Gasteiger charge is -2.31. The Labute approximate surface area is 213 Å². The predicted molar refractivity (Wildman–Crippen MR) is 138 cm³/mol. The summed E-state index contributed by atoms with van der Waals surface area (Å²) in [5.74, 6) is -0.384. The second kappa shape index (κ2) is 11.5. The van der Waals surface area contributed by atoms with Gasteiger partial charge in [0.05, 0.1) is 11.6 Å². The third-order valence-electron chi connectivity index (χ3n) is 6.41. The summed E-state index contributed by atoms with van der Waals surface area (Å²) >= 11 is 1.47. The monoisotopic (exact) mass is 503 g/mol. The van der Waals surface area contributed by atoms with Crippen LogP contribution in [0.5, 0.6) is 0 Å². The van der Waals surface area contributed by atoms with Gasteiger partial charge >= 0.3 is 0 Å². The van der Waals surface area contributed by atoms with E-state index in [-0.39, 0.29) is 24.5 Å². The van der Waals surface area contributed by atoms with Crippen molar-refractivity contribution in [1.29, 1.82) is 0 Å². The Kier molecular flexibility index (Phi) is 7.68. The summed E-state index contributed by atoms with van der Waals surface area (Å²) in [6.07, 6.45) is 2.58. The minimum atomic E-state index is -0.739. The lowest BCUT2D eigenvalue weighted by atomic mass is 10.1. The highest BCUT2D eigenvalue weighted by Crippen LogP contribution is 2.27. The normalized spacial score (nSPS) is 16.2. The van der Waals surface area contributed by atoms with E-state index in [0.717, 1.165) is 40.9 Å². The Balaban J connectivity index is 1.41. The standard InChI is InChI=1S/C27H29N5O3S/c33-25(19-32-23-12-5-4-11-22(23)29-30-32)31(15-14-20-8-2-1-3-9-20)26(24-13-7-17-36-24)27(34)28-18-21-10-6-16-35-21/h1-5,7-9,11-13,17,21,26H,6,10,14-16,18-19H2,(H,28,34). The molecule has 8 nitrogen and oxygen atoms in total. The topological polar surface area (TPSA) is 89.4 Å². The summed E-state index contributed by atoms with van der Waals surface area (Å²) in [6, 6.07) is 20.6. The second-order valence-corrected chi connectivity index (χ2v) is 9.84. The molecule has 9 heteroatoms. The molecule has 2 unspecified atom stereocenters. The molecule has 2 amide bonds. The van der Waals surface area contributed by atoms with Crippen LogP contribution in [0.3, 0.4) is 0 Å². The van der Waals surface area contributed by atoms with E-state index in [1.807, 2.05) is 72.1 Å². The van der Waals surface area contributed by atoms with Gasteiger partial charge in [0.1, 0.15) is 18.1 Å². The van der Waals surface area contributed by atoms with E-state index >= 15 is 0 Å². The van der Waals surface area contributed by atoms with E-state index in [4.69, 9.17) is 4.74 Å². The number of para-hydroxylation sites is 1. The van der Waals surface area contributed by atoms with Crippen LogP contribution in [0.25, 0.3) is 11.0 Å². The number of rotatable bonds is 10. The van der Waals surface area contributed by atoms with Crippen LogP contribution in [0, 0.1) is 0 Å². The van der Waals surface area contributed by atoms with Gasteiger partial charge in [-0.25, -0.2) is 4.68 Å². The first-order valence-corrected chi connectivity index (χ1v) is 13.1. The summed E-state index contributed by atoms with van der Waals surface area (Å²) in [4.78, 5) is 29.9. The first kappa shape index (κ1) is 24.1. The van der Waals surface area contributed by atoms with Gasteiger partial charge in [0.15, 0.2) is 0 Å². The predicted octanol–water partition coefficient (Wildman–Crippen LogP) is 3.60. The van der Waals surface area contributed by atoms with Gasteiger partial charge in [-0.15, -0.1) is 16.4 Å². The molecule has 0 saturated carbocycles. The first-order valence-electron chi connectivity index (χ1n) is 12.2. The first-order chi connectivity index (χ1) is 17.7. The smallest absolute Gasteiger partial charge is 0.248 e. The van der Waals surface area contributed by atoms with Crippen molar-refractivity contribution in [2.75, 3.05) is 19.7 Å². The number of thiophene rings is 1. The summed E-state index contributed by atoms with van der Waals surface area (Å²) in [6.45, 7) is 1.55. The van der Waals surface area contributed by atoms with Crippen molar-refractivity contribution in [3.63, 3.8) is 0 Å². The summed E-state index contributed by atoms with van der Waals surface area (Å²) in [7, 11) is 0. The van der Waals surface area contributed by atoms with Crippen molar-refractivity contribution < 1.29 is 14.3 Å². The molecule has 4 aromatic rings. The fraction of sp³-hybridized carbons (Fsp3) is 0.333. The van der Waals surface area contributed by atoms with Gasteiger partial charge in [-0.2, -0.15) is 0 Å². The van der Waals surface area contributed by atoms with E-state index in [2.05, 4.69) is 15.6 Å².